The lowest BCUT2D eigenvalue weighted by Gasteiger charge is -2.08. The molecule has 0 aliphatic rings. The molecule has 4 nitrogen and oxygen atoms in total. The van der Waals surface area contributed by atoms with Gasteiger partial charge in [-0.15, -0.1) is 0 Å². The third kappa shape index (κ3) is 3.76. The molecule has 0 aliphatic carbocycles. The molecular formula is C14H18N2O2S. The van der Waals surface area contributed by atoms with Crippen LogP contribution in [-0.2, 0) is 16.6 Å². The van der Waals surface area contributed by atoms with Crippen molar-refractivity contribution in [3.8, 4) is 0 Å². The van der Waals surface area contributed by atoms with Crippen LogP contribution in [0.3, 0.4) is 0 Å². The van der Waals surface area contributed by atoms with Gasteiger partial charge in [0.25, 0.3) is 0 Å². The molecule has 0 bridgehead atoms. The first kappa shape index (κ1) is 14.0. The van der Waals surface area contributed by atoms with Crippen molar-refractivity contribution >= 4 is 20.8 Å². The monoisotopic (exact) mass is 278 g/mol. The second-order valence-corrected chi connectivity index (χ2v) is 6.38. The summed E-state index contributed by atoms with van der Waals surface area (Å²) in [6, 6.07) is 14.3. The Labute approximate surface area is 113 Å². The lowest BCUT2D eigenvalue weighted by molar-refractivity contribution is 0.583. The minimum absolute atomic E-state index is 0.0915. The predicted octanol–water partition coefficient (Wildman–Crippen LogP) is 1.48. The highest BCUT2D eigenvalue weighted by atomic mass is 32.2. The molecule has 0 spiro atoms. The highest BCUT2D eigenvalue weighted by Crippen LogP contribution is 2.17. The van der Waals surface area contributed by atoms with E-state index in [4.69, 9.17) is 0 Å². The van der Waals surface area contributed by atoms with Crippen LogP contribution in [0.1, 0.15) is 5.56 Å². The van der Waals surface area contributed by atoms with Gasteiger partial charge in [0.2, 0.25) is 10.0 Å². The van der Waals surface area contributed by atoms with Gasteiger partial charge in [-0.2, -0.15) is 0 Å². The van der Waals surface area contributed by atoms with Gasteiger partial charge in [-0.3, -0.25) is 0 Å². The van der Waals surface area contributed by atoms with Gasteiger partial charge < -0.3 is 5.32 Å². The van der Waals surface area contributed by atoms with Crippen molar-refractivity contribution in [3.63, 3.8) is 0 Å². The maximum absolute atomic E-state index is 11.3. The molecule has 2 rings (SSSR count). The Balaban J connectivity index is 1.99. The number of rotatable bonds is 6. The number of nitrogens with one attached hydrogen (secondary N) is 2. The Bertz CT molecular complexity index is 648. The third-order valence-corrected chi connectivity index (χ3v) is 4.42. The van der Waals surface area contributed by atoms with E-state index in [2.05, 4.69) is 34.3 Å². The van der Waals surface area contributed by atoms with Crippen LogP contribution in [0.2, 0.25) is 0 Å². The maximum Gasteiger partial charge on any atom is 0.212 e. The molecular weight excluding hydrogens is 260 g/mol. The summed E-state index contributed by atoms with van der Waals surface area (Å²) in [6.45, 7) is 1.10. The van der Waals surface area contributed by atoms with E-state index in [1.165, 1.54) is 23.4 Å². The van der Waals surface area contributed by atoms with Crippen molar-refractivity contribution in [1.82, 2.24) is 10.0 Å². The molecule has 0 radical (unpaired) electrons. The van der Waals surface area contributed by atoms with Crippen molar-refractivity contribution in [2.24, 2.45) is 0 Å². The normalized spacial score (nSPS) is 11.8. The van der Waals surface area contributed by atoms with Crippen LogP contribution >= 0.6 is 0 Å². The van der Waals surface area contributed by atoms with Crippen LogP contribution in [-0.4, -0.2) is 27.8 Å². The minimum atomic E-state index is -3.13. The first-order valence-corrected chi connectivity index (χ1v) is 7.86. The van der Waals surface area contributed by atoms with Crippen molar-refractivity contribution in [3.05, 3.63) is 48.0 Å². The number of hydrogen-bond donors (Lipinski definition) is 2. The molecule has 0 heterocycles. The molecule has 2 aromatic rings. The van der Waals surface area contributed by atoms with E-state index in [9.17, 15) is 8.42 Å². The van der Waals surface area contributed by atoms with Crippen molar-refractivity contribution in [2.45, 2.75) is 6.54 Å². The Morgan fingerprint density at radius 2 is 1.79 bits per heavy atom. The van der Waals surface area contributed by atoms with Crippen molar-refractivity contribution < 1.29 is 8.42 Å². The summed E-state index contributed by atoms with van der Waals surface area (Å²) in [5.74, 6) is 0.0915. The number of fused-ring (bicyclic) bond motifs is 1. The molecule has 5 heteroatoms. The molecule has 0 fully saturated rings. The topological polar surface area (TPSA) is 58.2 Å². The average molecular weight is 278 g/mol. The maximum atomic E-state index is 11.3. The van der Waals surface area contributed by atoms with E-state index in [0.717, 1.165) is 0 Å². The summed E-state index contributed by atoms with van der Waals surface area (Å²) in [4.78, 5) is 0. The van der Waals surface area contributed by atoms with Gasteiger partial charge >= 0.3 is 0 Å². The van der Waals surface area contributed by atoms with Gasteiger partial charge in [0.05, 0.1) is 5.75 Å². The van der Waals surface area contributed by atoms with Crippen molar-refractivity contribution in [2.75, 3.05) is 19.3 Å². The number of benzene rings is 2. The minimum Gasteiger partial charge on any atom is -0.312 e. The molecule has 0 aromatic heterocycles. The Hall–Kier alpha value is -1.43. The Morgan fingerprint density at radius 3 is 2.58 bits per heavy atom. The second-order valence-electron chi connectivity index (χ2n) is 4.34. The molecule has 102 valence electrons. The van der Waals surface area contributed by atoms with E-state index in [1.807, 2.05) is 18.2 Å². The first-order chi connectivity index (χ1) is 9.12. The molecule has 19 heavy (non-hydrogen) atoms. The van der Waals surface area contributed by atoms with Crippen LogP contribution in [0.5, 0.6) is 0 Å². The van der Waals surface area contributed by atoms with Crippen LogP contribution in [0.4, 0.5) is 0 Å². The lowest BCUT2D eigenvalue weighted by atomic mass is 10.0. The van der Waals surface area contributed by atoms with Crippen LogP contribution < -0.4 is 10.0 Å². The Morgan fingerprint density at radius 1 is 1.05 bits per heavy atom. The van der Waals surface area contributed by atoms with Gasteiger partial charge in [-0.1, -0.05) is 42.5 Å². The highest BCUT2D eigenvalue weighted by Gasteiger charge is 2.06. The fraction of sp³-hybridized carbons (Fsp3) is 0.286. The highest BCUT2D eigenvalue weighted by molar-refractivity contribution is 7.89. The second kappa shape index (κ2) is 6.14. The molecule has 0 unspecified atom stereocenters. The predicted molar refractivity (Wildman–Crippen MR) is 78.5 cm³/mol. The lowest BCUT2D eigenvalue weighted by Crippen LogP contribution is -2.29. The molecule has 0 aliphatic heterocycles. The Kier molecular flexibility index (Phi) is 4.52. The average Bonchev–Trinajstić information content (AvgIpc) is 2.44. The molecule has 0 saturated heterocycles. The van der Waals surface area contributed by atoms with Gasteiger partial charge in [0, 0.05) is 13.1 Å². The van der Waals surface area contributed by atoms with Gasteiger partial charge in [0.1, 0.15) is 0 Å². The molecule has 0 atom stereocenters. The summed E-state index contributed by atoms with van der Waals surface area (Å²) in [5, 5.41) is 5.57. The molecule has 2 N–H and O–H groups in total. The number of sulfonamides is 1. The standard InChI is InChI=1S/C14H18N2O2S/c1-15-19(17,18)10-9-16-11-13-7-4-6-12-5-2-3-8-14(12)13/h2-8,15-16H,9-11H2,1H3. The molecule has 0 saturated carbocycles. The van der Waals surface area contributed by atoms with E-state index >= 15 is 0 Å². The molecule has 0 amide bonds. The number of hydrogen-bond acceptors (Lipinski definition) is 3. The van der Waals surface area contributed by atoms with Crippen LogP contribution in [0.25, 0.3) is 10.8 Å². The summed E-state index contributed by atoms with van der Waals surface area (Å²) in [7, 11) is -1.70. The molecule has 2 aromatic carbocycles. The zero-order valence-corrected chi connectivity index (χ0v) is 11.7. The van der Waals surface area contributed by atoms with Gasteiger partial charge in [-0.25, -0.2) is 13.1 Å². The van der Waals surface area contributed by atoms with Crippen LogP contribution in [0.15, 0.2) is 42.5 Å². The third-order valence-electron chi connectivity index (χ3n) is 3.05. The van der Waals surface area contributed by atoms with Gasteiger partial charge in [-0.05, 0) is 23.4 Å². The SMILES string of the molecule is CNS(=O)(=O)CCNCc1cccc2ccccc12. The largest absolute Gasteiger partial charge is 0.312 e. The van der Waals surface area contributed by atoms with Gasteiger partial charge in [0.15, 0.2) is 0 Å². The van der Waals surface area contributed by atoms with E-state index in [0.29, 0.717) is 13.1 Å². The summed E-state index contributed by atoms with van der Waals surface area (Å²) in [5.41, 5.74) is 1.18. The summed E-state index contributed by atoms with van der Waals surface area (Å²) in [6.07, 6.45) is 0. The summed E-state index contributed by atoms with van der Waals surface area (Å²) >= 11 is 0. The fourth-order valence-corrected chi connectivity index (χ4v) is 2.60. The first-order valence-electron chi connectivity index (χ1n) is 6.21. The zero-order chi connectivity index (χ0) is 13.7. The smallest absolute Gasteiger partial charge is 0.212 e. The quantitative estimate of drug-likeness (QED) is 0.787. The van der Waals surface area contributed by atoms with Crippen LogP contribution in [0, 0.1) is 0 Å². The van der Waals surface area contributed by atoms with Crippen molar-refractivity contribution in [1.29, 1.82) is 0 Å². The summed E-state index contributed by atoms with van der Waals surface area (Å²) < 4.78 is 24.8. The van der Waals surface area contributed by atoms with E-state index in [1.54, 1.807) is 0 Å². The zero-order valence-electron chi connectivity index (χ0n) is 10.9. The van der Waals surface area contributed by atoms with E-state index in [-0.39, 0.29) is 5.75 Å². The fourth-order valence-electron chi connectivity index (χ4n) is 1.98. The van der Waals surface area contributed by atoms with E-state index < -0.39 is 10.0 Å².